The minimum atomic E-state index is -4.45. The Hall–Kier alpha value is -0.270. The molecule has 0 amide bonds. The maximum Gasteiger partial charge on any atom is 1.00 e. The Morgan fingerprint density at radius 3 is 1.86 bits per heavy atom. The summed E-state index contributed by atoms with van der Waals surface area (Å²) < 4.78 is 34.1. The first-order valence-corrected chi connectivity index (χ1v) is 12.5. The van der Waals surface area contributed by atoms with Gasteiger partial charge in [-0.3, -0.25) is 0 Å². The van der Waals surface area contributed by atoms with E-state index in [-0.39, 0.29) is 40.6 Å². The van der Waals surface area contributed by atoms with Gasteiger partial charge in [-0.15, -0.1) is 0 Å². The molecule has 0 aromatic heterocycles. The van der Waals surface area contributed by atoms with Crippen LogP contribution in [0.4, 0.5) is 11.4 Å². The van der Waals surface area contributed by atoms with Crippen molar-refractivity contribution in [2.75, 3.05) is 10.6 Å². The third-order valence-corrected chi connectivity index (χ3v) is 6.42. The van der Waals surface area contributed by atoms with E-state index >= 15 is 0 Å². The van der Waals surface area contributed by atoms with Crippen LogP contribution in [0, 0.1) is 0 Å². The summed E-state index contributed by atoms with van der Waals surface area (Å²) in [6, 6.07) is 4.77. The molecule has 0 aliphatic carbocycles. The van der Waals surface area contributed by atoms with Crippen molar-refractivity contribution in [2.24, 2.45) is 0 Å². The van der Waals surface area contributed by atoms with Gasteiger partial charge in [0, 0.05) is 0 Å². The van der Waals surface area contributed by atoms with E-state index in [0.29, 0.717) is 11.4 Å². The van der Waals surface area contributed by atoms with Gasteiger partial charge in [-0.2, -0.15) is 0 Å². The zero-order chi connectivity index (χ0) is 20.2. The van der Waals surface area contributed by atoms with Crippen LogP contribution in [-0.2, 0) is 10.1 Å². The summed E-state index contributed by atoms with van der Waals surface area (Å²) in [6.07, 6.45) is 18.2. The Morgan fingerprint density at radius 1 is 0.828 bits per heavy atom. The van der Waals surface area contributed by atoms with Gasteiger partial charge in [0.05, 0.1) is 22.4 Å². The summed E-state index contributed by atoms with van der Waals surface area (Å²) >= 11 is 0. The summed E-state index contributed by atoms with van der Waals surface area (Å²) in [5.74, 6) is 0. The average molecular weight is 433 g/mol. The van der Waals surface area contributed by atoms with E-state index in [9.17, 15) is 13.0 Å². The van der Waals surface area contributed by atoms with E-state index in [1.807, 2.05) is 0 Å². The molecule has 1 heterocycles. The van der Waals surface area contributed by atoms with Crippen LogP contribution in [0.15, 0.2) is 23.1 Å². The standard InChI is InChI=1S/C22H38N2O3S.Na/c1-2-3-4-5-6-7-8-9-10-11-12-13-14-18-21-23-19-16-15-17-20(22(19)24-21)28(25,26)27;/h15-17,21,23-24H,2-14,18H2,1H3,(H,25,26,27);/q;+1/p-1. The van der Waals surface area contributed by atoms with Crippen LogP contribution in [0.25, 0.3) is 0 Å². The molecular formula is C22H37N2NaO3S. The molecule has 29 heavy (non-hydrogen) atoms. The second-order valence-electron chi connectivity index (χ2n) is 8.01. The number of benzene rings is 1. The van der Waals surface area contributed by atoms with E-state index in [1.54, 1.807) is 12.1 Å². The largest absolute Gasteiger partial charge is 1.00 e. The van der Waals surface area contributed by atoms with E-state index < -0.39 is 10.1 Å². The fourth-order valence-corrected chi connectivity index (χ4v) is 4.58. The Kier molecular flexibility index (Phi) is 13.6. The Morgan fingerprint density at radius 2 is 1.34 bits per heavy atom. The summed E-state index contributed by atoms with van der Waals surface area (Å²) in [7, 11) is -4.45. The maximum absolute atomic E-state index is 11.4. The van der Waals surface area contributed by atoms with Crippen molar-refractivity contribution in [3.63, 3.8) is 0 Å². The first-order valence-electron chi connectivity index (χ1n) is 11.1. The van der Waals surface area contributed by atoms with Crippen molar-refractivity contribution in [2.45, 2.75) is 108 Å². The molecule has 0 radical (unpaired) electrons. The van der Waals surface area contributed by atoms with Gasteiger partial charge < -0.3 is 15.2 Å². The summed E-state index contributed by atoms with van der Waals surface area (Å²) in [5.41, 5.74) is 1.13. The number of para-hydroxylation sites is 1. The fraction of sp³-hybridized carbons (Fsp3) is 0.727. The minimum absolute atomic E-state index is 0. The quantitative estimate of drug-likeness (QED) is 0.253. The molecule has 7 heteroatoms. The topological polar surface area (TPSA) is 81.3 Å². The third-order valence-electron chi connectivity index (χ3n) is 5.54. The van der Waals surface area contributed by atoms with Gasteiger partial charge in [0.2, 0.25) is 0 Å². The molecule has 0 fully saturated rings. The number of fused-ring (bicyclic) bond motifs is 1. The van der Waals surface area contributed by atoms with Gasteiger partial charge in [0.1, 0.15) is 10.1 Å². The van der Waals surface area contributed by atoms with E-state index in [2.05, 4.69) is 17.6 Å². The first-order chi connectivity index (χ1) is 13.5. The Labute approximate surface area is 199 Å². The monoisotopic (exact) mass is 432 g/mol. The van der Waals surface area contributed by atoms with Crippen LogP contribution < -0.4 is 40.2 Å². The molecule has 1 aromatic carbocycles. The van der Waals surface area contributed by atoms with E-state index in [0.717, 1.165) is 12.8 Å². The number of anilines is 2. The third kappa shape index (κ3) is 10.1. The van der Waals surface area contributed by atoms with Crippen molar-refractivity contribution >= 4 is 21.5 Å². The number of hydrogen-bond donors (Lipinski definition) is 2. The van der Waals surface area contributed by atoms with Crippen LogP contribution >= 0.6 is 0 Å². The van der Waals surface area contributed by atoms with Crippen LogP contribution in [0.1, 0.15) is 96.8 Å². The van der Waals surface area contributed by atoms with Gasteiger partial charge in [0.15, 0.2) is 0 Å². The minimum Gasteiger partial charge on any atom is -0.744 e. The molecule has 0 bridgehead atoms. The van der Waals surface area contributed by atoms with Gasteiger partial charge in [-0.05, 0) is 25.0 Å². The van der Waals surface area contributed by atoms with Crippen molar-refractivity contribution in [1.82, 2.24) is 0 Å². The maximum atomic E-state index is 11.4. The predicted octanol–water partition coefficient (Wildman–Crippen LogP) is 3.24. The fourth-order valence-electron chi connectivity index (χ4n) is 3.92. The van der Waals surface area contributed by atoms with Gasteiger partial charge in [0.25, 0.3) is 0 Å². The van der Waals surface area contributed by atoms with Crippen molar-refractivity contribution in [3.05, 3.63) is 18.2 Å². The molecule has 2 rings (SSSR count). The smallest absolute Gasteiger partial charge is 0.744 e. The Balaban J connectivity index is 0.00000420. The van der Waals surface area contributed by atoms with Crippen LogP contribution in [0.3, 0.4) is 0 Å². The molecular weight excluding hydrogens is 395 g/mol. The molecule has 1 atom stereocenters. The van der Waals surface area contributed by atoms with Crippen molar-refractivity contribution < 1.29 is 42.5 Å². The van der Waals surface area contributed by atoms with E-state index in [4.69, 9.17) is 0 Å². The van der Waals surface area contributed by atoms with Crippen molar-refractivity contribution in [1.29, 1.82) is 0 Å². The van der Waals surface area contributed by atoms with Crippen molar-refractivity contribution in [3.8, 4) is 0 Å². The van der Waals surface area contributed by atoms with Gasteiger partial charge in [-0.25, -0.2) is 8.42 Å². The molecule has 0 saturated heterocycles. The zero-order valence-corrected chi connectivity index (χ0v) is 21.2. The second kappa shape index (κ2) is 14.7. The number of rotatable bonds is 15. The van der Waals surface area contributed by atoms with Gasteiger partial charge in [-0.1, -0.05) is 90.0 Å². The number of unbranched alkanes of at least 4 members (excludes halogenated alkanes) is 12. The summed E-state index contributed by atoms with van der Waals surface area (Å²) in [4.78, 5) is -0.162. The van der Waals surface area contributed by atoms with Crippen LogP contribution in [0.5, 0.6) is 0 Å². The molecule has 160 valence electrons. The molecule has 1 unspecified atom stereocenters. The van der Waals surface area contributed by atoms with Gasteiger partial charge >= 0.3 is 29.6 Å². The second-order valence-corrected chi connectivity index (χ2v) is 9.35. The van der Waals surface area contributed by atoms with Crippen LogP contribution in [0.2, 0.25) is 0 Å². The molecule has 1 aromatic rings. The van der Waals surface area contributed by atoms with E-state index in [1.165, 1.54) is 83.1 Å². The SMILES string of the molecule is CCCCCCCCCCCCCCCC1Nc2cccc(S(=O)(=O)[O-])c2N1.[Na+]. The molecule has 5 nitrogen and oxygen atoms in total. The first kappa shape index (κ1) is 26.8. The predicted molar refractivity (Wildman–Crippen MR) is 116 cm³/mol. The molecule has 1 aliphatic heterocycles. The van der Waals surface area contributed by atoms with Crippen LogP contribution in [-0.4, -0.2) is 19.1 Å². The summed E-state index contributed by atoms with van der Waals surface area (Å²) in [6.45, 7) is 2.26. The number of hydrogen-bond acceptors (Lipinski definition) is 5. The number of nitrogens with one attached hydrogen (secondary N) is 2. The average Bonchev–Trinajstić information content (AvgIpc) is 3.07. The summed E-state index contributed by atoms with van der Waals surface area (Å²) in [5, 5.41) is 6.44. The zero-order valence-electron chi connectivity index (χ0n) is 18.3. The molecule has 0 saturated carbocycles. The Bertz CT molecular complexity index is 683. The molecule has 2 N–H and O–H groups in total. The normalized spacial score (nSPS) is 15.3. The molecule has 1 aliphatic rings. The molecule has 0 spiro atoms.